The van der Waals surface area contributed by atoms with Crippen molar-refractivity contribution >= 4 is 49.9 Å². The van der Waals surface area contributed by atoms with Crippen molar-refractivity contribution in [3.63, 3.8) is 0 Å². The summed E-state index contributed by atoms with van der Waals surface area (Å²) in [6.07, 6.45) is 0.122. The minimum atomic E-state index is -0.803. The van der Waals surface area contributed by atoms with Gasteiger partial charge in [0.1, 0.15) is 6.61 Å². The molecule has 1 aromatic heterocycles. The van der Waals surface area contributed by atoms with Crippen molar-refractivity contribution in [2.24, 2.45) is 5.73 Å². The highest BCUT2D eigenvalue weighted by Gasteiger charge is 2.26. The highest BCUT2D eigenvalue weighted by Crippen LogP contribution is 2.36. The summed E-state index contributed by atoms with van der Waals surface area (Å²) < 4.78 is 12.8. The summed E-state index contributed by atoms with van der Waals surface area (Å²) >= 11 is 1.73. The van der Waals surface area contributed by atoms with Crippen molar-refractivity contribution < 1.29 is 14.3 Å². The van der Waals surface area contributed by atoms with Gasteiger partial charge >= 0.3 is 5.97 Å². The zero-order chi connectivity index (χ0) is 22.6. The van der Waals surface area contributed by atoms with Gasteiger partial charge in [-0.25, -0.2) is 0 Å². The van der Waals surface area contributed by atoms with E-state index in [0.717, 1.165) is 27.5 Å². The molecule has 0 spiro atoms. The molecule has 4 rings (SSSR count). The van der Waals surface area contributed by atoms with E-state index in [1.807, 2.05) is 49.4 Å². The number of esters is 1. The Labute approximate surface area is 204 Å². The van der Waals surface area contributed by atoms with Gasteiger partial charge in [-0.15, -0.1) is 23.7 Å². The van der Waals surface area contributed by atoms with Gasteiger partial charge in [0.05, 0.1) is 20.1 Å². The van der Waals surface area contributed by atoms with Crippen LogP contribution in [0.1, 0.15) is 30.0 Å². The van der Waals surface area contributed by atoms with E-state index in [2.05, 4.69) is 36.1 Å². The minimum absolute atomic E-state index is 0. The lowest BCUT2D eigenvalue weighted by Crippen LogP contribution is -2.35. The van der Waals surface area contributed by atoms with E-state index < -0.39 is 5.54 Å². The molecule has 1 atom stereocenters. The first-order valence-electron chi connectivity index (χ1n) is 10.4. The van der Waals surface area contributed by atoms with Gasteiger partial charge in [-0.05, 0) is 48.4 Å². The van der Waals surface area contributed by atoms with Gasteiger partial charge in [0.25, 0.3) is 0 Å². The van der Waals surface area contributed by atoms with Gasteiger partial charge in [-0.2, -0.15) is 0 Å². The van der Waals surface area contributed by atoms with Crippen LogP contribution in [-0.2, 0) is 26.4 Å². The Bertz CT molecular complexity index is 1320. The summed E-state index contributed by atoms with van der Waals surface area (Å²) in [5.41, 5.74) is 8.63. The van der Waals surface area contributed by atoms with Crippen LogP contribution in [0.2, 0.25) is 0 Å². The van der Waals surface area contributed by atoms with Gasteiger partial charge < -0.3 is 15.2 Å². The van der Waals surface area contributed by atoms with Crippen LogP contribution in [0.5, 0.6) is 0 Å². The van der Waals surface area contributed by atoms with Crippen LogP contribution in [0.15, 0.2) is 66.7 Å². The molecule has 0 aliphatic heterocycles. The fourth-order valence-electron chi connectivity index (χ4n) is 3.62. The second-order valence-corrected chi connectivity index (χ2v) is 9.06. The Morgan fingerprint density at radius 3 is 2.45 bits per heavy atom. The molecule has 0 aliphatic carbocycles. The number of carbonyl (C=O) groups is 1. The molecule has 33 heavy (non-hydrogen) atoms. The van der Waals surface area contributed by atoms with E-state index in [0.29, 0.717) is 13.2 Å². The number of ether oxygens (including phenoxy) is 2. The topological polar surface area (TPSA) is 61.5 Å². The lowest BCUT2D eigenvalue weighted by Gasteiger charge is -2.24. The Morgan fingerprint density at radius 1 is 1.03 bits per heavy atom. The van der Waals surface area contributed by atoms with Crippen LogP contribution in [0.3, 0.4) is 0 Å². The van der Waals surface area contributed by atoms with Crippen LogP contribution < -0.4 is 5.73 Å². The standard InChI is InChI=1S/C27H25NO3S.ClH/c1-27(28,17-26(29)30-2)21-11-13-25-23(16-21)22-15-19(10-12-24(22)32-25)9-6-14-31-18-20-7-4-3-5-8-20;/h3-5,7-8,10-13,15-16H,14,17-18,28H2,1-2H3;1H/t27-;/m0./s1. The van der Waals surface area contributed by atoms with Crippen molar-refractivity contribution in [1.29, 1.82) is 0 Å². The zero-order valence-corrected chi connectivity index (χ0v) is 20.2. The average molecular weight is 480 g/mol. The summed E-state index contributed by atoms with van der Waals surface area (Å²) in [6, 6.07) is 22.4. The number of benzene rings is 3. The maximum absolute atomic E-state index is 11.8. The van der Waals surface area contributed by atoms with E-state index in [4.69, 9.17) is 15.2 Å². The van der Waals surface area contributed by atoms with Gasteiger partial charge in [0.15, 0.2) is 0 Å². The average Bonchev–Trinajstić information content (AvgIpc) is 3.16. The number of methoxy groups -OCH3 is 1. The maximum Gasteiger partial charge on any atom is 0.307 e. The molecule has 0 fully saturated rings. The number of rotatable bonds is 6. The number of halogens is 1. The second kappa shape index (κ2) is 10.8. The van der Waals surface area contributed by atoms with Gasteiger partial charge in [0.2, 0.25) is 0 Å². The van der Waals surface area contributed by atoms with Crippen molar-refractivity contribution in [3.05, 3.63) is 83.4 Å². The fraction of sp³-hybridized carbons (Fsp3) is 0.222. The molecule has 170 valence electrons. The van der Waals surface area contributed by atoms with E-state index in [1.54, 1.807) is 11.3 Å². The SMILES string of the molecule is COC(=O)C[C@](C)(N)c1ccc2sc3ccc(C#CCOCc4ccccc4)cc3c2c1.Cl. The quantitative estimate of drug-likeness (QED) is 0.216. The molecule has 2 N–H and O–H groups in total. The van der Waals surface area contributed by atoms with E-state index in [9.17, 15) is 4.79 Å². The maximum atomic E-state index is 11.8. The number of fused-ring (bicyclic) bond motifs is 3. The third-order valence-corrected chi connectivity index (χ3v) is 6.54. The smallest absolute Gasteiger partial charge is 0.307 e. The molecule has 0 aliphatic rings. The van der Waals surface area contributed by atoms with E-state index in [-0.39, 0.29) is 24.8 Å². The molecule has 1 heterocycles. The third kappa shape index (κ3) is 5.93. The van der Waals surface area contributed by atoms with Crippen molar-refractivity contribution in [1.82, 2.24) is 0 Å². The first-order valence-corrected chi connectivity index (χ1v) is 11.2. The second-order valence-electron chi connectivity index (χ2n) is 7.97. The van der Waals surface area contributed by atoms with Crippen LogP contribution >= 0.6 is 23.7 Å². The van der Waals surface area contributed by atoms with Crippen molar-refractivity contribution in [2.75, 3.05) is 13.7 Å². The predicted molar refractivity (Wildman–Crippen MR) is 138 cm³/mol. The normalized spacial score (nSPS) is 12.5. The highest BCUT2D eigenvalue weighted by molar-refractivity contribution is 7.25. The fourth-order valence-corrected chi connectivity index (χ4v) is 4.68. The molecule has 4 nitrogen and oxygen atoms in total. The van der Waals surface area contributed by atoms with Crippen LogP contribution in [0.25, 0.3) is 20.2 Å². The first kappa shape index (κ1) is 24.8. The number of hydrogen-bond acceptors (Lipinski definition) is 5. The summed E-state index contributed by atoms with van der Waals surface area (Å²) in [5, 5.41) is 2.26. The van der Waals surface area contributed by atoms with E-state index in [1.165, 1.54) is 16.5 Å². The Balaban J connectivity index is 0.00000306. The molecule has 6 heteroatoms. The summed E-state index contributed by atoms with van der Waals surface area (Å²) in [6.45, 7) is 2.78. The summed E-state index contributed by atoms with van der Waals surface area (Å²) in [5.74, 6) is 5.98. The lowest BCUT2D eigenvalue weighted by atomic mass is 9.89. The lowest BCUT2D eigenvalue weighted by molar-refractivity contribution is -0.141. The van der Waals surface area contributed by atoms with Crippen molar-refractivity contribution in [3.8, 4) is 11.8 Å². The number of hydrogen-bond donors (Lipinski definition) is 1. The number of carbonyl (C=O) groups excluding carboxylic acids is 1. The largest absolute Gasteiger partial charge is 0.469 e. The van der Waals surface area contributed by atoms with Crippen LogP contribution in [0.4, 0.5) is 0 Å². The Kier molecular flexibility index (Phi) is 8.12. The zero-order valence-electron chi connectivity index (χ0n) is 18.6. The van der Waals surface area contributed by atoms with Crippen molar-refractivity contribution in [2.45, 2.75) is 25.5 Å². The van der Waals surface area contributed by atoms with Gasteiger partial charge in [-0.3, -0.25) is 4.79 Å². The molecule has 4 aromatic rings. The Hall–Kier alpha value is -2.88. The number of nitrogens with two attached hydrogens (primary N) is 1. The van der Waals surface area contributed by atoms with Crippen LogP contribution in [0, 0.1) is 11.8 Å². The first-order chi connectivity index (χ1) is 15.5. The van der Waals surface area contributed by atoms with Crippen LogP contribution in [-0.4, -0.2) is 19.7 Å². The molecule has 0 saturated heterocycles. The van der Waals surface area contributed by atoms with E-state index >= 15 is 0 Å². The monoisotopic (exact) mass is 479 g/mol. The molecule has 0 unspecified atom stereocenters. The summed E-state index contributed by atoms with van der Waals surface area (Å²) in [7, 11) is 1.38. The van der Waals surface area contributed by atoms with Gasteiger partial charge in [-0.1, -0.05) is 48.2 Å². The molecule has 0 bridgehead atoms. The predicted octanol–water partition coefficient (Wildman–Crippen LogP) is 5.78. The molecule has 3 aromatic carbocycles. The Morgan fingerprint density at radius 2 is 1.73 bits per heavy atom. The molecule has 0 radical (unpaired) electrons. The van der Waals surface area contributed by atoms with Gasteiger partial charge in [0, 0.05) is 31.3 Å². The molecular formula is C27H26ClNO3S. The summed E-state index contributed by atoms with van der Waals surface area (Å²) in [4.78, 5) is 11.8. The number of thiophene rings is 1. The molecule has 0 amide bonds. The minimum Gasteiger partial charge on any atom is -0.469 e. The molecule has 0 saturated carbocycles. The molecular weight excluding hydrogens is 454 g/mol. The highest BCUT2D eigenvalue weighted by atomic mass is 35.5. The third-order valence-electron chi connectivity index (χ3n) is 5.39.